The standard InChI is InChI=1S/C32H35ClF2N6O6/c1-18(15-36-19(2)42)40-30(44)24(23-5-4-6-25(34)29(23)33)16-39(32(40)46)17-28(43)38-11-9-21(10-12-38)41-27(35)14-20-13-22(47-3)7-8-26(20)37-31(41)45/h4-8,13,16,18,21,27H,9-12,14-15,17H2,1-3H3,(H,36,42)(H,37,45)/t18-,27?/m0/s1. The van der Waals surface area contributed by atoms with Crippen LogP contribution in [0.5, 0.6) is 5.75 Å². The van der Waals surface area contributed by atoms with Crippen molar-refractivity contribution in [2.75, 3.05) is 32.1 Å². The van der Waals surface area contributed by atoms with E-state index in [1.807, 2.05) is 0 Å². The molecule has 3 aromatic rings. The molecule has 0 spiro atoms. The van der Waals surface area contributed by atoms with Gasteiger partial charge in [0.15, 0.2) is 6.30 Å². The highest BCUT2D eigenvalue weighted by atomic mass is 35.5. The van der Waals surface area contributed by atoms with Crippen LogP contribution in [0.1, 0.15) is 38.3 Å². The van der Waals surface area contributed by atoms with Gasteiger partial charge < -0.3 is 20.3 Å². The molecule has 1 saturated heterocycles. The van der Waals surface area contributed by atoms with Gasteiger partial charge >= 0.3 is 11.7 Å². The van der Waals surface area contributed by atoms with Crippen molar-refractivity contribution in [3.8, 4) is 16.9 Å². The van der Waals surface area contributed by atoms with Gasteiger partial charge in [0.2, 0.25) is 11.8 Å². The van der Waals surface area contributed by atoms with E-state index in [2.05, 4.69) is 10.6 Å². The van der Waals surface area contributed by atoms with Gasteiger partial charge in [-0.25, -0.2) is 18.4 Å². The average Bonchev–Trinajstić information content (AvgIpc) is 3.16. The Morgan fingerprint density at radius 1 is 1.13 bits per heavy atom. The number of hydrogen-bond acceptors (Lipinski definition) is 6. The number of urea groups is 1. The minimum Gasteiger partial charge on any atom is -0.497 e. The SMILES string of the molecule is COc1ccc2c(c1)CC(F)N(C1CCN(C(=O)Cn3cc(-c4cccc(F)c4Cl)c(=O)n([C@@H](C)CNC(C)=O)c3=O)CC1)C(=O)N2. The van der Waals surface area contributed by atoms with Crippen LogP contribution in [-0.4, -0.2) is 75.9 Å². The second-order valence-electron chi connectivity index (χ2n) is 11.6. The Labute approximate surface area is 273 Å². The number of nitrogens with zero attached hydrogens (tertiary/aromatic N) is 4. The third kappa shape index (κ3) is 7.02. The molecule has 0 aliphatic carbocycles. The highest BCUT2D eigenvalue weighted by molar-refractivity contribution is 6.33. The first-order valence-corrected chi connectivity index (χ1v) is 15.5. The lowest BCUT2D eigenvalue weighted by Gasteiger charge is -2.39. The summed E-state index contributed by atoms with van der Waals surface area (Å²) in [6.07, 6.45) is 0.153. The maximum absolute atomic E-state index is 15.5. The van der Waals surface area contributed by atoms with Crippen molar-refractivity contribution in [3.05, 3.63) is 79.8 Å². The Hall–Kier alpha value is -4.72. The number of alkyl halides is 1. The monoisotopic (exact) mass is 672 g/mol. The van der Waals surface area contributed by atoms with Gasteiger partial charge in [-0.2, -0.15) is 0 Å². The molecule has 5 rings (SSSR count). The summed E-state index contributed by atoms with van der Waals surface area (Å²) >= 11 is 6.19. The first-order chi connectivity index (χ1) is 22.4. The number of fused-ring (bicyclic) bond motifs is 1. The summed E-state index contributed by atoms with van der Waals surface area (Å²) in [5.74, 6) is -1.03. The van der Waals surface area contributed by atoms with Gasteiger partial charge in [0.1, 0.15) is 18.1 Å². The fourth-order valence-corrected chi connectivity index (χ4v) is 6.24. The number of anilines is 1. The number of benzene rings is 2. The minimum absolute atomic E-state index is 0.0267. The Kier molecular flexibility index (Phi) is 9.99. The molecule has 12 nitrogen and oxygen atoms in total. The number of carbonyl (C=O) groups excluding carboxylic acids is 3. The van der Waals surface area contributed by atoms with E-state index in [0.717, 1.165) is 15.2 Å². The van der Waals surface area contributed by atoms with E-state index in [1.165, 1.54) is 42.2 Å². The number of halogens is 3. The number of rotatable bonds is 8. The van der Waals surface area contributed by atoms with Gasteiger partial charge in [-0.1, -0.05) is 23.7 Å². The summed E-state index contributed by atoms with van der Waals surface area (Å²) in [6, 6.07) is 7.10. The lowest BCUT2D eigenvalue weighted by Crippen LogP contribution is -2.53. The molecule has 3 heterocycles. The lowest BCUT2D eigenvalue weighted by molar-refractivity contribution is -0.133. The third-order valence-corrected chi connectivity index (χ3v) is 8.89. The highest BCUT2D eigenvalue weighted by Gasteiger charge is 2.37. The van der Waals surface area contributed by atoms with E-state index in [9.17, 15) is 28.4 Å². The van der Waals surface area contributed by atoms with Crippen LogP contribution in [0, 0.1) is 5.82 Å². The van der Waals surface area contributed by atoms with Crippen LogP contribution in [0.25, 0.3) is 11.1 Å². The number of methoxy groups -OCH3 is 1. The number of aromatic nitrogens is 2. The topological polar surface area (TPSA) is 135 Å². The molecule has 2 aliphatic rings. The van der Waals surface area contributed by atoms with E-state index in [1.54, 1.807) is 25.1 Å². The molecule has 0 radical (unpaired) electrons. The van der Waals surface area contributed by atoms with Gasteiger partial charge in [-0.05, 0) is 49.6 Å². The van der Waals surface area contributed by atoms with Gasteiger partial charge in [-0.15, -0.1) is 0 Å². The average molecular weight is 673 g/mol. The van der Waals surface area contributed by atoms with Crippen molar-refractivity contribution in [3.63, 3.8) is 0 Å². The van der Waals surface area contributed by atoms with Crippen molar-refractivity contribution in [2.24, 2.45) is 0 Å². The Bertz CT molecular complexity index is 1820. The van der Waals surface area contributed by atoms with Crippen molar-refractivity contribution in [2.45, 2.75) is 58.0 Å². The zero-order valence-electron chi connectivity index (χ0n) is 26.1. The second-order valence-corrected chi connectivity index (χ2v) is 12.0. The van der Waals surface area contributed by atoms with Crippen LogP contribution in [0.4, 0.5) is 19.3 Å². The number of hydrogen-bond donors (Lipinski definition) is 2. The molecule has 0 bridgehead atoms. The molecule has 47 heavy (non-hydrogen) atoms. The number of nitrogens with one attached hydrogen (secondary N) is 2. The zero-order valence-corrected chi connectivity index (χ0v) is 26.9. The maximum Gasteiger partial charge on any atom is 0.331 e. The van der Waals surface area contributed by atoms with Crippen LogP contribution in [0.3, 0.4) is 0 Å². The van der Waals surface area contributed by atoms with Crippen LogP contribution < -0.4 is 26.6 Å². The van der Waals surface area contributed by atoms with Crippen LogP contribution in [0.2, 0.25) is 5.02 Å². The molecule has 2 aromatic carbocycles. The van der Waals surface area contributed by atoms with Gasteiger partial charge in [0, 0.05) is 56.5 Å². The van der Waals surface area contributed by atoms with Crippen molar-refractivity contribution in [1.29, 1.82) is 0 Å². The molecular formula is C32H35ClF2N6O6. The fourth-order valence-electron chi connectivity index (χ4n) is 6.01. The van der Waals surface area contributed by atoms with Crippen molar-refractivity contribution >= 4 is 35.1 Å². The molecular weight excluding hydrogens is 638 g/mol. The molecule has 1 fully saturated rings. The van der Waals surface area contributed by atoms with E-state index < -0.39 is 53.9 Å². The van der Waals surface area contributed by atoms with Crippen LogP contribution in [-0.2, 0) is 22.6 Å². The molecule has 2 atom stereocenters. The Morgan fingerprint density at radius 2 is 1.85 bits per heavy atom. The normalized spacial score (nSPS) is 17.4. The number of piperidine rings is 1. The van der Waals surface area contributed by atoms with Gasteiger partial charge in [0.05, 0.1) is 23.7 Å². The number of amides is 4. The first kappa shape index (κ1) is 33.6. The molecule has 0 saturated carbocycles. The van der Waals surface area contributed by atoms with Gasteiger partial charge in [-0.3, -0.25) is 28.4 Å². The zero-order chi connectivity index (χ0) is 34.0. The van der Waals surface area contributed by atoms with Crippen molar-refractivity contribution in [1.82, 2.24) is 24.3 Å². The number of carbonyl (C=O) groups is 3. The summed E-state index contributed by atoms with van der Waals surface area (Å²) in [5, 5.41) is 5.02. The molecule has 1 aromatic heterocycles. The fraction of sp³-hybridized carbons (Fsp3) is 0.406. The summed E-state index contributed by atoms with van der Waals surface area (Å²) in [5.41, 5.74) is -0.513. The van der Waals surface area contributed by atoms with E-state index in [-0.39, 0.29) is 48.1 Å². The highest BCUT2D eigenvalue weighted by Crippen LogP contribution is 2.31. The predicted molar refractivity (Wildman–Crippen MR) is 171 cm³/mol. The minimum atomic E-state index is -1.59. The molecule has 2 N–H and O–H groups in total. The van der Waals surface area contributed by atoms with E-state index in [0.29, 0.717) is 29.8 Å². The molecule has 1 unspecified atom stereocenters. The second kappa shape index (κ2) is 14.0. The lowest BCUT2D eigenvalue weighted by atomic mass is 10.0. The van der Waals surface area contributed by atoms with Gasteiger partial charge in [0.25, 0.3) is 5.56 Å². The van der Waals surface area contributed by atoms with Crippen molar-refractivity contribution < 1.29 is 27.9 Å². The Balaban J connectivity index is 1.35. The summed E-state index contributed by atoms with van der Waals surface area (Å²) < 4.78 is 37.1. The summed E-state index contributed by atoms with van der Waals surface area (Å²) in [7, 11) is 1.51. The largest absolute Gasteiger partial charge is 0.497 e. The van der Waals surface area contributed by atoms with Crippen LogP contribution in [0.15, 0.2) is 52.2 Å². The molecule has 15 heteroatoms. The predicted octanol–water partition coefficient (Wildman–Crippen LogP) is 3.55. The summed E-state index contributed by atoms with van der Waals surface area (Å²) in [4.78, 5) is 67.9. The summed E-state index contributed by atoms with van der Waals surface area (Å²) in [6.45, 7) is 2.72. The third-order valence-electron chi connectivity index (χ3n) is 8.51. The quantitative estimate of drug-likeness (QED) is 0.352. The van der Waals surface area contributed by atoms with E-state index in [4.69, 9.17) is 16.3 Å². The number of likely N-dealkylation sites (tertiary alicyclic amines) is 1. The van der Waals surface area contributed by atoms with Crippen LogP contribution >= 0.6 is 11.6 Å². The molecule has 250 valence electrons. The first-order valence-electron chi connectivity index (χ1n) is 15.1. The van der Waals surface area contributed by atoms with E-state index >= 15 is 4.39 Å². The maximum atomic E-state index is 15.5. The molecule has 4 amide bonds. The Morgan fingerprint density at radius 3 is 2.53 bits per heavy atom. The number of ether oxygens (including phenoxy) is 1. The molecule has 2 aliphatic heterocycles. The smallest absolute Gasteiger partial charge is 0.331 e.